The molecular weight excluding hydrogens is 136 g/mol. The van der Waals surface area contributed by atoms with Crippen LogP contribution in [0.25, 0.3) is 0 Å². The first-order chi connectivity index (χ1) is 12.9. The summed E-state index contributed by atoms with van der Waals surface area (Å²) >= 11 is 0. The van der Waals surface area contributed by atoms with E-state index in [4.69, 9.17) is 28.8 Å². The first-order valence-electron chi connectivity index (χ1n) is 12.8. The molecule has 0 aromatic rings. The first-order valence-corrected chi connectivity index (χ1v) is 3.75. The standard InChI is InChI=1S/C9H21Si/c1-7(2)10(8(3)4)9(5)6/h7-9H,1-6H3/i1D3,2D3,3D3,4D3,5D3,6D3,7D,8D,9D. The average Bonchev–Trinajstić information content (AvgIpc) is 2.39. The lowest BCUT2D eigenvalue weighted by molar-refractivity contribution is 0.863. The molecule has 0 saturated heterocycles. The molecule has 0 N–H and O–H groups in total. The molecule has 0 fully saturated rings. The van der Waals surface area contributed by atoms with Crippen LogP contribution in [0.1, 0.15) is 69.9 Å². The van der Waals surface area contributed by atoms with E-state index in [1.54, 1.807) is 0 Å². The molecule has 0 aromatic carbocycles. The largest absolute Gasteiger partial charge is 0.0653 e. The van der Waals surface area contributed by atoms with Crippen molar-refractivity contribution in [1.82, 2.24) is 0 Å². The summed E-state index contributed by atoms with van der Waals surface area (Å²) in [6, 6.07) is 0. The summed E-state index contributed by atoms with van der Waals surface area (Å²) in [5, 5.41) is 0. The molecule has 0 aliphatic rings. The van der Waals surface area contributed by atoms with E-state index in [0.29, 0.717) is 0 Å². The molecule has 1 radical (unpaired) electrons. The van der Waals surface area contributed by atoms with Gasteiger partial charge in [0.15, 0.2) is 0 Å². The van der Waals surface area contributed by atoms with Crippen LogP contribution < -0.4 is 0 Å². The Labute approximate surface area is 97.1 Å². The fourth-order valence-corrected chi connectivity index (χ4v) is 1.12. The lowest BCUT2D eigenvalue weighted by Gasteiger charge is -2.26. The molecule has 0 aromatic heterocycles. The Morgan fingerprint density at radius 2 is 1.20 bits per heavy atom. The van der Waals surface area contributed by atoms with Crippen LogP contribution in [-0.4, -0.2) is 8.80 Å². The van der Waals surface area contributed by atoms with Crippen LogP contribution in [0.4, 0.5) is 0 Å². The summed E-state index contributed by atoms with van der Waals surface area (Å²) < 4.78 is 161. The second-order valence-electron chi connectivity index (χ2n) is 1.50. The third-order valence-corrected chi connectivity index (χ3v) is 2.25. The molecule has 0 amide bonds. The molecule has 0 aliphatic heterocycles. The highest BCUT2D eigenvalue weighted by Crippen LogP contribution is 2.28. The van der Waals surface area contributed by atoms with Crippen LogP contribution in [0.5, 0.6) is 0 Å². The van der Waals surface area contributed by atoms with Crippen LogP contribution in [0.15, 0.2) is 0 Å². The molecule has 0 spiro atoms. The Bertz CT molecular complexity index is 502. The van der Waals surface area contributed by atoms with Crippen LogP contribution in [0.3, 0.4) is 0 Å². The Morgan fingerprint density at radius 3 is 1.40 bits per heavy atom. The van der Waals surface area contributed by atoms with E-state index in [-0.39, 0.29) is 0 Å². The zero-order chi connectivity index (χ0) is 26.1. The van der Waals surface area contributed by atoms with E-state index in [9.17, 15) is 0 Å². The zero-order valence-corrected chi connectivity index (χ0v) is 6.00. The van der Waals surface area contributed by atoms with E-state index < -0.39 is 66.5 Å². The van der Waals surface area contributed by atoms with Gasteiger partial charge in [-0.05, 0) is 0 Å². The maximum Gasteiger partial charge on any atom is 0.0561 e. The predicted molar refractivity (Wildman–Crippen MR) is 51.0 cm³/mol. The first kappa shape index (κ1) is 0.951. The highest BCUT2D eigenvalue weighted by molar-refractivity contribution is 6.63. The Kier molecular flexibility index (Phi) is 0.396. The van der Waals surface area contributed by atoms with Crippen molar-refractivity contribution in [2.24, 2.45) is 0 Å². The zero-order valence-electron chi connectivity index (χ0n) is 26.0. The van der Waals surface area contributed by atoms with Gasteiger partial charge in [0.1, 0.15) is 0 Å². The maximum absolute atomic E-state index is 8.29. The predicted octanol–water partition coefficient (Wildman–Crippen LogP) is 3.71. The summed E-state index contributed by atoms with van der Waals surface area (Å²) in [6.45, 7) is -25.2. The Morgan fingerprint density at radius 1 is 0.900 bits per heavy atom. The lowest BCUT2D eigenvalue weighted by Crippen LogP contribution is -2.24. The average molecular weight is 178 g/mol. The van der Waals surface area contributed by atoms with Gasteiger partial charge in [0, 0.05) is 28.8 Å². The minimum Gasteiger partial charge on any atom is -0.0653 e. The van der Waals surface area contributed by atoms with Crippen LogP contribution >= 0.6 is 0 Å². The third-order valence-electron chi connectivity index (χ3n) is 0.750. The van der Waals surface area contributed by atoms with E-state index in [1.165, 1.54) is 0 Å². The normalized spacial score (nSPS) is 54.3. The monoisotopic (exact) mass is 178 g/mol. The van der Waals surface area contributed by atoms with Crippen LogP contribution in [0, 0.1) is 0 Å². The fourth-order valence-electron chi connectivity index (χ4n) is 0.375. The summed E-state index contributed by atoms with van der Waals surface area (Å²) in [7, 11) is -5.47. The second-order valence-corrected chi connectivity index (χ2v) is 3.75. The maximum atomic E-state index is 8.29. The minimum absolute atomic E-state index is 4.20. The highest BCUT2D eigenvalue weighted by atomic mass is 28.3. The molecule has 0 atom stereocenters. The molecule has 0 saturated carbocycles. The SMILES string of the molecule is [2H]C([2H])([2H])C([2H])([Si](C([2H])(C([2H])([2H])[2H])C([2H])([2H])[2H])C([2H])(C([2H])([2H])[2H])C([2H])([2H])[2H])C([2H])([2H])[2H]. The highest BCUT2D eigenvalue weighted by Gasteiger charge is 2.22. The van der Waals surface area contributed by atoms with E-state index in [2.05, 4.69) is 0 Å². The lowest BCUT2D eigenvalue weighted by atomic mass is 10.5. The summed E-state index contributed by atoms with van der Waals surface area (Å²) in [4.78, 5) is 0. The van der Waals surface area contributed by atoms with Crippen molar-refractivity contribution in [1.29, 1.82) is 0 Å². The quantitative estimate of drug-likeness (QED) is 0.578. The summed E-state index contributed by atoms with van der Waals surface area (Å²) in [6.07, 6.45) is 0. The van der Waals surface area contributed by atoms with E-state index in [1.807, 2.05) is 0 Å². The van der Waals surface area contributed by atoms with Crippen molar-refractivity contribution >= 4 is 8.80 Å². The van der Waals surface area contributed by atoms with Crippen molar-refractivity contribution in [3.63, 3.8) is 0 Å². The van der Waals surface area contributed by atoms with Gasteiger partial charge in [0.2, 0.25) is 0 Å². The van der Waals surface area contributed by atoms with E-state index in [0.717, 1.165) is 0 Å². The van der Waals surface area contributed by atoms with Crippen molar-refractivity contribution in [3.05, 3.63) is 0 Å². The molecule has 0 heterocycles. The molecule has 0 aliphatic carbocycles. The van der Waals surface area contributed by atoms with Gasteiger partial charge in [-0.1, -0.05) is 57.7 Å². The van der Waals surface area contributed by atoms with Gasteiger partial charge in [-0.25, -0.2) is 0 Å². The van der Waals surface area contributed by atoms with Gasteiger partial charge in [0.05, 0.1) is 8.80 Å². The van der Waals surface area contributed by atoms with Gasteiger partial charge in [0.25, 0.3) is 0 Å². The van der Waals surface area contributed by atoms with Gasteiger partial charge in [-0.3, -0.25) is 0 Å². The van der Waals surface area contributed by atoms with Crippen molar-refractivity contribution in [3.8, 4) is 0 Å². The molecule has 10 heavy (non-hydrogen) atoms. The van der Waals surface area contributed by atoms with Crippen LogP contribution in [-0.2, 0) is 0 Å². The van der Waals surface area contributed by atoms with Crippen molar-refractivity contribution < 1.29 is 28.8 Å². The van der Waals surface area contributed by atoms with Crippen molar-refractivity contribution in [2.75, 3.05) is 0 Å². The molecule has 0 unspecified atom stereocenters. The topological polar surface area (TPSA) is 0 Å². The van der Waals surface area contributed by atoms with Gasteiger partial charge >= 0.3 is 0 Å². The Balaban J connectivity index is 8.29. The third kappa shape index (κ3) is 2.87. The summed E-state index contributed by atoms with van der Waals surface area (Å²) in [5.41, 5.74) is -13.1. The van der Waals surface area contributed by atoms with Gasteiger partial charge in [-0.2, -0.15) is 0 Å². The number of rotatable bonds is 3. The van der Waals surface area contributed by atoms with Crippen LogP contribution in [0.2, 0.25) is 16.6 Å². The summed E-state index contributed by atoms with van der Waals surface area (Å²) in [5.74, 6) is 0. The smallest absolute Gasteiger partial charge is 0.0561 e. The second kappa shape index (κ2) is 4.17. The molecule has 0 nitrogen and oxygen atoms in total. The van der Waals surface area contributed by atoms with Gasteiger partial charge < -0.3 is 0 Å². The minimum atomic E-state index is -5.47. The van der Waals surface area contributed by atoms with Gasteiger partial charge in [-0.15, -0.1) is 0 Å². The number of hydrogen-bond donors (Lipinski definition) is 0. The Hall–Kier alpha value is 0.217. The fraction of sp³-hybridized carbons (Fsp3) is 1.00. The molecular formula is C9H21Si. The molecule has 1 heteroatoms. The molecule has 61 valence electrons. The molecule has 0 rings (SSSR count). The van der Waals surface area contributed by atoms with E-state index >= 15 is 0 Å². The van der Waals surface area contributed by atoms with Crippen molar-refractivity contribution in [2.45, 2.75) is 57.7 Å². The number of hydrogen-bond acceptors (Lipinski definition) is 0. The molecule has 0 bridgehead atoms.